The van der Waals surface area contributed by atoms with Gasteiger partial charge < -0.3 is 21.1 Å². The molecule has 0 aliphatic carbocycles. The summed E-state index contributed by atoms with van der Waals surface area (Å²) in [6.45, 7) is -0.183. The maximum Gasteiger partial charge on any atom is 0.326 e. The van der Waals surface area contributed by atoms with Crippen molar-refractivity contribution in [3.05, 3.63) is 0 Å². The molecule has 0 unspecified atom stereocenters. The van der Waals surface area contributed by atoms with E-state index in [0.29, 0.717) is 12.2 Å². The van der Waals surface area contributed by atoms with Gasteiger partial charge in [0.25, 0.3) is 0 Å². The lowest BCUT2D eigenvalue weighted by Gasteiger charge is -2.14. The smallest absolute Gasteiger partial charge is 0.326 e. The first-order valence-electron chi connectivity index (χ1n) is 4.98. The summed E-state index contributed by atoms with van der Waals surface area (Å²) in [7, 11) is 1.44. The minimum absolute atomic E-state index is 0.183. The Kier molecular flexibility index (Phi) is 7.95. The zero-order valence-corrected chi connectivity index (χ0v) is 10.6. The Hall–Kier alpha value is -1.44. The largest absolute Gasteiger partial charge is 0.480 e. The number of urea groups is 1. The topological polar surface area (TPSA) is 108 Å². The summed E-state index contributed by atoms with van der Waals surface area (Å²) in [5.74, 6) is -0.808. The minimum Gasteiger partial charge on any atom is -0.480 e. The predicted molar refractivity (Wildman–Crippen MR) is 65.0 cm³/mol. The van der Waals surface area contributed by atoms with Crippen LogP contribution in [0.25, 0.3) is 0 Å². The summed E-state index contributed by atoms with van der Waals surface area (Å²) >= 11 is 1.50. The third-order valence-electron chi connectivity index (χ3n) is 1.90. The van der Waals surface area contributed by atoms with Gasteiger partial charge in [-0.25, -0.2) is 9.59 Å². The number of carboxylic acids is 1. The first kappa shape index (κ1) is 15.6. The van der Waals surface area contributed by atoms with Crippen molar-refractivity contribution in [2.75, 3.05) is 25.6 Å². The van der Waals surface area contributed by atoms with Gasteiger partial charge in [-0.05, 0) is 18.4 Å². The minimum atomic E-state index is -1.09. The van der Waals surface area contributed by atoms with E-state index in [1.54, 1.807) is 0 Å². The van der Waals surface area contributed by atoms with E-state index in [4.69, 9.17) is 5.11 Å². The lowest BCUT2D eigenvalue weighted by molar-refractivity contribution is -0.139. The number of hydrogen-bond donors (Lipinski definition) is 4. The van der Waals surface area contributed by atoms with E-state index in [2.05, 4.69) is 16.0 Å². The highest BCUT2D eigenvalue weighted by atomic mass is 32.2. The monoisotopic (exact) mass is 263 g/mol. The van der Waals surface area contributed by atoms with Crippen LogP contribution in [0.2, 0.25) is 0 Å². The molecule has 0 heterocycles. The first-order chi connectivity index (χ1) is 8.01. The number of rotatable bonds is 7. The van der Waals surface area contributed by atoms with Crippen molar-refractivity contribution in [1.82, 2.24) is 16.0 Å². The zero-order chi connectivity index (χ0) is 13.3. The third-order valence-corrected chi connectivity index (χ3v) is 2.55. The van der Waals surface area contributed by atoms with Gasteiger partial charge in [-0.1, -0.05) is 0 Å². The number of carbonyl (C=O) groups is 3. The van der Waals surface area contributed by atoms with Crippen molar-refractivity contribution in [2.45, 2.75) is 12.5 Å². The van der Waals surface area contributed by atoms with Gasteiger partial charge in [0.05, 0.1) is 6.54 Å². The highest BCUT2D eigenvalue weighted by molar-refractivity contribution is 7.98. The average Bonchev–Trinajstić information content (AvgIpc) is 2.30. The summed E-state index contributed by atoms with van der Waals surface area (Å²) < 4.78 is 0. The molecule has 0 aliphatic heterocycles. The second-order valence-electron chi connectivity index (χ2n) is 3.17. The van der Waals surface area contributed by atoms with Gasteiger partial charge in [0.15, 0.2) is 0 Å². The molecule has 8 heteroatoms. The molecule has 0 aromatic heterocycles. The highest BCUT2D eigenvalue weighted by Crippen LogP contribution is 2.00. The van der Waals surface area contributed by atoms with E-state index < -0.39 is 18.0 Å². The van der Waals surface area contributed by atoms with Crippen LogP contribution in [0.4, 0.5) is 4.79 Å². The molecule has 98 valence electrons. The zero-order valence-electron chi connectivity index (χ0n) is 9.78. The molecule has 0 radical (unpaired) electrons. The standard InChI is InChI=1S/C9H17N3O4S/c1-10-7(13)5-11-9(16)12-6(8(14)15)3-4-17-2/h6H,3-5H2,1-2H3,(H,10,13)(H,14,15)(H2,11,12,16)/t6-/m0/s1. The SMILES string of the molecule is CNC(=O)CNC(=O)N[C@@H](CCSC)C(=O)O. The molecular formula is C9H17N3O4S. The molecule has 17 heavy (non-hydrogen) atoms. The Morgan fingerprint density at radius 1 is 1.35 bits per heavy atom. The summed E-state index contributed by atoms with van der Waals surface area (Å²) in [5, 5.41) is 15.7. The number of likely N-dealkylation sites (N-methyl/N-ethyl adjacent to an activating group) is 1. The van der Waals surface area contributed by atoms with Crippen molar-refractivity contribution in [2.24, 2.45) is 0 Å². The van der Waals surface area contributed by atoms with Crippen LogP contribution in [0.1, 0.15) is 6.42 Å². The van der Waals surface area contributed by atoms with Crippen LogP contribution < -0.4 is 16.0 Å². The molecule has 7 nitrogen and oxygen atoms in total. The van der Waals surface area contributed by atoms with Crippen molar-refractivity contribution in [1.29, 1.82) is 0 Å². The molecule has 0 aromatic rings. The number of thioether (sulfide) groups is 1. The summed E-state index contributed by atoms with van der Waals surface area (Å²) in [6.07, 6.45) is 2.19. The highest BCUT2D eigenvalue weighted by Gasteiger charge is 2.19. The third kappa shape index (κ3) is 7.45. The molecule has 0 fully saturated rings. The molecule has 1 atom stereocenters. The van der Waals surface area contributed by atoms with Crippen LogP contribution in [0.5, 0.6) is 0 Å². The Balaban J connectivity index is 4.03. The van der Waals surface area contributed by atoms with Crippen molar-refractivity contribution in [3.8, 4) is 0 Å². The Bertz CT molecular complexity index is 285. The number of aliphatic carboxylic acids is 1. The van der Waals surface area contributed by atoms with Crippen molar-refractivity contribution >= 4 is 29.7 Å². The van der Waals surface area contributed by atoms with E-state index in [1.165, 1.54) is 18.8 Å². The molecule has 3 amide bonds. The fourth-order valence-corrected chi connectivity index (χ4v) is 1.42. The van der Waals surface area contributed by atoms with Crippen molar-refractivity contribution in [3.63, 3.8) is 0 Å². The Morgan fingerprint density at radius 3 is 2.47 bits per heavy atom. The summed E-state index contributed by atoms with van der Waals surface area (Å²) in [6, 6.07) is -1.60. The normalized spacial score (nSPS) is 11.4. The predicted octanol–water partition coefficient (Wildman–Crippen LogP) is -0.762. The molecule has 0 aromatic carbocycles. The van der Waals surface area contributed by atoms with E-state index >= 15 is 0 Å². The molecule has 0 saturated heterocycles. The lowest BCUT2D eigenvalue weighted by atomic mass is 10.2. The van der Waals surface area contributed by atoms with Crippen molar-refractivity contribution < 1.29 is 19.5 Å². The first-order valence-corrected chi connectivity index (χ1v) is 6.37. The van der Waals surface area contributed by atoms with E-state index in [1.807, 2.05) is 6.26 Å². The van der Waals surface area contributed by atoms with E-state index in [0.717, 1.165) is 0 Å². The molecule has 0 aliphatic rings. The van der Waals surface area contributed by atoms with Gasteiger partial charge in [-0.15, -0.1) is 0 Å². The molecule has 4 N–H and O–H groups in total. The van der Waals surface area contributed by atoms with Gasteiger partial charge in [-0.2, -0.15) is 11.8 Å². The average molecular weight is 263 g/mol. The fourth-order valence-electron chi connectivity index (χ4n) is 0.951. The maximum atomic E-state index is 11.3. The van der Waals surface area contributed by atoms with Crippen LogP contribution in [-0.4, -0.2) is 54.7 Å². The number of nitrogens with one attached hydrogen (secondary N) is 3. The van der Waals surface area contributed by atoms with Crippen LogP contribution in [0, 0.1) is 0 Å². The molecule has 0 rings (SSSR count). The second kappa shape index (κ2) is 8.68. The Labute approximate surface area is 104 Å². The van der Waals surface area contributed by atoms with Gasteiger partial charge in [0.1, 0.15) is 6.04 Å². The summed E-state index contributed by atoms with van der Waals surface area (Å²) in [4.78, 5) is 32.9. The fraction of sp³-hybridized carbons (Fsp3) is 0.667. The van der Waals surface area contributed by atoms with Crippen LogP contribution in [0.15, 0.2) is 0 Å². The van der Waals surface area contributed by atoms with E-state index in [-0.39, 0.29) is 12.5 Å². The van der Waals surface area contributed by atoms with Gasteiger partial charge >= 0.3 is 12.0 Å². The number of carbonyl (C=O) groups excluding carboxylic acids is 2. The van der Waals surface area contributed by atoms with Crippen LogP contribution in [-0.2, 0) is 9.59 Å². The number of carboxylic acid groups (broad SMARTS) is 1. The Morgan fingerprint density at radius 2 is 2.00 bits per heavy atom. The number of hydrogen-bond acceptors (Lipinski definition) is 4. The quantitative estimate of drug-likeness (QED) is 0.483. The molecule has 0 spiro atoms. The summed E-state index contributed by atoms with van der Waals surface area (Å²) in [5.41, 5.74) is 0. The van der Waals surface area contributed by atoms with Crippen LogP contribution >= 0.6 is 11.8 Å². The molecule has 0 saturated carbocycles. The van der Waals surface area contributed by atoms with Gasteiger partial charge in [0.2, 0.25) is 5.91 Å². The number of amides is 3. The van der Waals surface area contributed by atoms with Gasteiger partial charge in [-0.3, -0.25) is 4.79 Å². The molecular weight excluding hydrogens is 246 g/mol. The van der Waals surface area contributed by atoms with Crippen LogP contribution in [0.3, 0.4) is 0 Å². The van der Waals surface area contributed by atoms with Gasteiger partial charge in [0, 0.05) is 7.05 Å². The second-order valence-corrected chi connectivity index (χ2v) is 4.16. The van der Waals surface area contributed by atoms with E-state index in [9.17, 15) is 14.4 Å². The molecule has 0 bridgehead atoms. The maximum absolute atomic E-state index is 11.3. The lowest BCUT2D eigenvalue weighted by Crippen LogP contribution is -2.48.